The molecule has 4 N–H and O–H groups in total. The Morgan fingerprint density at radius 1 is 0.574 bits per heavy atom. The highest BCUT2D eigenvalue weighted by Crippen LogP contribution is 2.43. The van der Waals surface area contributed by atoms with Crippen molar-refractivity contribution in [3.8, 4) is 0 Å². The van der Waals surface area contributed by atoms with Crippen LogP contribution in [0, 0.1) is 0 Å². The Morgan fingerprint density at radius 3 is 1.46 bits per heavy atom. The smallest absolute Gasteiger partial charge is 0.472 e. The minimum Gasteiger partial charge on any atom is -0.480 e. The van der Waals surface area contributed by atoms with Gasteiger partial charge < -0.3 is 25.2 Å². The number of phosphoric acid groups is 1. The molecular formula is C42H76NO10P. The van der Waals surface area contributed by atoms with Crippen LogP contribution in [-0.2, 0) is 37.5 Å². The van der Waals surface area contributed by atoms with Gasteiger partial charge >= 0.3 is 25.7 Å². The predicted octanol–water partition coefficient (Wildman–Crippen LogP) is 10.8. The summed E-state index contributed by atoms with van der Waals surface area (Å²) in [5.41, 5.74) is 5.32. The Morgan fingerprint density at radius 2 is 0.981 bits per heavy atom. The number of nitrogens with two attached hydrogens (primary N) is 1. The van der Waals surface area contributed by atoms with Gasteiger partial charge in [0.25, 0.3) is 0 Å². The fourth-order valence-electron chi connectivity index (χ4n) is 5.52. The van der Waals surface area contributed by atoms with Crippen LogP contribution in [0.15, 0.2) is 36.5 Å². The third-order valence-corrected chi connectivity index (χ3v) is 9.84. The van der Waals surface area contributed by atoms with Crippen LogP contribution in [0.2, 0.25) is 0 Å². The molecule has 0 amide bonds. The lowest BCUT2D eigenvalue weighted by Gasteiger charge is -2.20. The van der Waals surface area contributed by atoms with Crippen LogP contribution >= 0.6 is 7.82 Å². The summed E-state index contributed by atoms with van der Waals surface area (Å²) in [5, 5.41) is 8.88. The number of aliphatic carboxylic acids is 1. The number of hydrogen-bond acceptors (Lipinski definition) is 9. The van der Waals surface area contributed by atoms with Gasteiger partial charge in [-0.25, -0.2) is 4.57 Å². The summed E-state index contributed by atoms with van der Waals surface area (Å²) in [7, 11) is -4.72. The number of phosphoric ester groups is 1. The lowest BCUT2D eigenvalue weighted by molar-refractivity contribution is -0.161. The summed E-state index contributed by atoms with van der Waals surface area (Å²) < 4.78 is 32.6. The summed E-state index contributed by atoms with van der Waals surface area (Å²) in [6.45, 7) is 2.74. The summed E-state index contributed by atoms with van der Waals surface area (Å²) in [6.07, 6.45) is 39.2. The van der Waals surface area contributed by atoms with E-state index in [2.05, 4.69) is 54.8 Å². The first-order valence-electron chi connectivity index (χ1n) is 21.0. The molecule has 11 nitrogen and oxygen atoms in total. The number of carbonyl (C=O) groups is 3. The van der Waals surface area contributed by atoms with Crippen LogP contribution in [0.25, 0.3) is 0 Å². The maximum atomic E-state index is 12.6. The van der Waals surface area contributed by atoms with E-state index in [0.29, 0.717) is 12.8 Å². The van der Waals surface area contributed by atoms with E-state index in [9.17, 15) is 23.8 Å². The van der Waals surface area contributed by atoms with Gasteiger partial charge in [0.2, 0.25) is 0 Å². The van der Waals surface area contributed by atoms with Crippen molar-refractivity contribution < 1.29 is 47.5 Å². The van der Waals surface area contributed by atoms with Crippen LogP contribution in [0.1, 0.15) is 181 Å². The number of carboxylic acid groups (broad SMARTS) is 1. The first-order chi connectivity index (χ1) is 26.1. The molecule has 0 aromatic heterocycles. The summed E-state index contributed by atoms with van der Waals surface area (Å²) >= 11 is 0. The van der Waals surface area contributed by atoms with Gasteiger partial charge in [0.1, 0.15) is 12.6 Å². The molecule has 0 saturated carbocycles. The Balaban J connectivity index is 4.42. The molecule has 0 heterocycles. The molecule has 0 bridgehead atoms. The fourth-order valence-corrected chi connectivity index (χ4v) is 6.30. The van der Waals surface area contributed by atoms with Crippen molar-refractivity contribution in [1.82, 2.24) is 0 Å². The van der Waals surface area contributed by atoms with Crippen molar-refractivity contribution in [3.63, 3.8) is 0 Å². The largest absolute Gasteiger partial charge is 0.480 e. The molecule has 0 aliphatic carbocycles. The minimum atomic E-state index is -4.72. The van der Waals surface area contributed by atoms with Crippen molar-refractivity contribution in [2.24, 2.45) is 5.73 Å². The molecule has 0 aromatic carbocycles. The zero-order chi connectivity index (χ0) is 40.0. The maximum absolute atomic E-state index is 12.6. The predicted molar refractivity (Wildman–Crippen MR) is 217 cm³/mol. The molecule has 0 rings (SSSR count). The summed E-state index contributed by atoms with van der Waals surface area (Å²) in [6, 6.07) is -1.52. The molecule has 0 saturated heterocycles. The van der Waals surface area contributed by atoms with Crippen molar-refractivity contribution >= 4 is 25.7 Å². The van der Waals surface area contributed by atoms with Crippen LogP contribution in [-0.4, -0.2) is 59.9 Å². The van der Waals surface area contributed by atoms with Crippen molar-refractivity contribution in [1.29, 1.82) is 0 Å². The van der Waals surface area contributed by atoms with Crippen LogP contribution in [0.4, 0.5) is 0 Å². The molecular weight excluding hydrogens is 709 g/mol. The van der Waals surface area contributed by atoms with Gasteiger partial charge in [-0.3, -0.25) is 23.4 Å². The van der Waals surface area contributed by atoms with Crippen LogP contribution in [0.3, 0.4) is 0 Å². The average Bonchev–Trinajstić information content (AvgIpc) is 3.14. The Hall–Kier alpha value is -2.30. The van der Waals surface area contributed by atoms with Crippen molar-refractivity contribution in [2.75, 3.05) is 19.8 Å². The third kappa shape index (κ3) is 36.7. The molecule has 1 unspecified atom stereocenters. The molecule has 0 aliphatic rings. The number of esters is 2. The highest BCUT2D eigenvalue weighted by molar-refractivity contribution is 7.47. The van der Waals surface area contributed by atoms with E-state index in [0.717, 1.165) is 64.2 Å². The van der Waals surface area contributed by atoms with Crippen molar-refractivity contribution in [2.45, 2.75) is 193 Å². The van der Waals surface area contributed by atoms with E-state index in [1.165, 1.54) is 77.0 Å². The second-order valence-electron chi connectivity index (χ2n) is 14.1. The first-order valence-corrected chi connectivity index (χ1v) is 22.5. The van der Waals surface area contributed by atoms with Gasteiger partial charge in [-0.2, -0.15) is 0 Å². The van der Waals surface area contributed by atoms with E-state index < -0.39 is 51.1 Å². The van der Waals surface area contributed by atoms with Gasteiger partial charge in [0.05, 0.1) is 13.2 Å². The minimum absolute atomic E-state index is 0.143. The Bertz CT molecular complexity index is 1060. The molecule has 314 valence electrons. The van der Waals surface area contributed by atoms with Gasteiger partial charge in [-0.15, -0.1) is 0 Å². The molecule has 0 aromatic rings. The molecule has 0 radical (unpaired) electrons. The number of allylic oxidation sites excluding steroid dienone is 6. The van der Waals surface area contributed by atoms with E-state index in [1.807, 2.05) is 0 Å². The summed E-state index contributed by atoms with van der Waals surface area (Å²) in [4.78, 5) is 45.9. The maximum Gasteiger partial charge on any atom is 0.472 e. The van der Waals surface area contributed by atoms with Crippen molar-refractivity contribution in [3.05, 3.63) is 36.5 Å². The number of ether oxygens (including phenoxy) is 2. The number of carbonyl (C=O) groups excluding carboxylic acids is 2. The number of carboxylic acids is 1. The molecule has 3 atom stereocenters. The third-order valence-electron chi connectivity index (χ3n) is 8.89. The zero-order valence-corrected chi connectivity index (χ0v) is 34.7. The lowest BCUT2D eigenvalue weighted by Crippen LogP contribution is -2.34. The standard InChI is InChI=1S/C42H76NO10P/c1-3-5-7-9-11-13-15-17-19-21-23-25-27-29-31-33-40(44)50-35-38(36-51-54(48,49)52-37-39(43)42(46)47)53-41(45)34-32-30-28-26-24-22-20-18-16-14-12-10-8-6-4-2/h13-16,18,20,38-39H,3-12,17,19,21-37,43H2,1-2H3,(H,46,47)(H,48,49)/b15-13+,16-14+,20-18+/t38-,39+/m1/s1. The van der Waals surface area contributed by atoms with E-state index >= 15 is 0 Å². The van der Waals surface area contributed by atoms with Gasteiger partial charge in [-0.1, -0.05) is 140 Å². The quantitative estimate of drug-likeness (QED) is 0.0178. The van der Waals surface area contributed by atoms with Gasteiger partial charge in [0.15, 0.2) is 6.10 Å². The normalized spacial score (nSPS) is 14.1. The molecule has 0 aliphatic heterocycles. The van der Waals surface area contributed by atoms with E-state index in [4.69, 9.17) is 24.8 Å². The monoisotopic (exact) mass is 786 g/mol. The van der Waals surface area contributed by atoms with E-state index in [-0.39, 0.29) is 19.4 Å². The molecule has 54 heavy (non-hydrogen) atoms. The first kappa shape index (κ1) is 51.7. The lowest BCUT2D eigenvalue weighted by atomic mass is 10.1. The second kappa shape index (κ2) is 37.6. The number of rotatable bonds is 39. The number of unbranched alkanes of at least 4 members (excludes halogenated alkanes) is 20. The zero-order valence-electron chi connectivity index (χ0n) is 33.8. The average molecular weight is 786 g/mol. The summed E-state index contributed by atoms with van der Waals surface area (Å²) in [5.74, 6) is -2.40. The molecule has 0 fully saturated rings. The fraction of sp³-hybridized carbons (Fsp3) is 0.786. The SMILES string of the molecule is CCCCCC/C=C/C=C/CCCCCCCC(=O)O[C@H](COC(=O)CCCCCCCCC/C=C/CCCCCC)COP(=O)(O)OC[C@H](N)C(=O)O. The van der Waals surface area contributed by atoms with Crippen LogP contribution < -0.4 is 5.73 Å². The van der Waals surface area contributed by atoms with Gasteiger partial charge in [-0.05, 0) is 64.2 Å². The highest BCUT2D eigenvalue weighted by Gasteiger charge is 2.28. The number of hydrogen-bond donors (Lipinski definition) is 3. The molecule has 12 heteroatoms. The second-order valence-corrected chi connectivity index (χ2v) is 15.6. The van der Waals surface area contributed by atoms with Crippen LogP contribution in [0.5, 0.6) is 0 Å². The highest BCUT2D eigenvalue weighted by atomic mass is 31.2. The van der Waals surface area contributed by atoms with E-state index in [1.54, 1.807) is 0 Å². The Labute approximate surface area is 327 Å². The molecule has 0 spiro atoms. The van der Waals surface area contributed by atoms with Gasteiger partial charge in [0, 0.05) is 12.8 Å². The topological polar surface area (TPSA) is 172 Å². The Kier molecular flexibility index (Phi) is 36.0.